The molecule has 2 heterocycles. The summed E-state index contributed by atoms with van der Waals surface area (Å²) in [7, 11) is 0. The Kier molecular flexibility index (Phi) is 6.77. The van der Waals surface area contributed by atoms with Crippen LogP contribution in [0.5, 0.6) is 0 Å². The Bertz CT molecular complexity index is 626. The van der Waals surface area contributed by atoms with Gasteiger partial charge in [-0.2, -0.15) is 0 Å². The molecule has 150 valence electrons. The minimum atomic E-state index is -0.0352. The molecule has 1 aromatic rings. The third kappa shape index (κ3) is 5.02. The molecule has 3 rings (SSSR count). The maximum atomic E-state index is 12.8. The first-order valence-corrected chi connectivity index (χ1v) is 10.3. The number of urea groups is 1. The first-order chi connectivity index (χ1) is 13.0. The molecule has 1 N–H and O–H groups in total. The van der Waals surface area contributed by atoms with E-state index in [0.29, 0.717) is 19.0 Å². The highest BCUT2D eigenvalue weighted by atomic mass is 16.5. The van der Waals surface area contributed by atoms with Crippen LogP contribution < -0.4 is 5.32 Å². The maximum absolute atomic E-state index is 12.8. The van der Waals surface area contributed by atoms with Gasteiger partial charge in [-0.15, -0.1) is 0 Å². The zero-order valence-electron chi connectivity index (χ0n) is 17.0. The van der Waals surface area contributed by atoms with Crippen LogP contribution in [0, 0.1) is 12.8 Å². The average Bonchev–Trinajstić information content (AvgIpc) is 3.15. The minimum absolute atomic E-state index is 0.0325. The zero-order chi connectivity index (χ0) is 19.3. The molecule has 5 nitrogen and oxygen atoms in total. The van der Waals surface area contributed by atoms with Gasteiger partial charge in [0, 0.05) is 44.9 Å². The predicted octanol–water partition coefficient (Wildman–Crippen LogP) is 3.50. The van der Waals surface area contributed by atoms with Crippen molar-refractivity contribution < 1.29 is 14.3 Å². The van der Waals surface area contributed by atoms with Crippen molar-refractivity contribution in [1.82, 2.24) is 10.2 Å². The second-order valence-corrected chi connectivity index (χ2v) is 8.45. The monoisotopic (exact) mass is 374 g/mol. The van der Waals surface area contributed by atoms with Crippen molar-refractivity contribution in [3.05, 3.63) is 35.4 Å². The molecule has 0 saturated carbocycles. The van der Waals surface area contributed by atoms with Crippen molar-refractivity contribution in [1.29, 1.82) is 0 Å². The Hall–Kier alpha value is -1.59. The molecule has 5 heteroatoms. The number of ether oxygens (including phenoxy) is 2. The number of nitrogens with zero attached hydrogens (tertiary/aromatic N) is 1. The summed E-state index contributed by atoms with van der Waals surface area (Å²) in [5.74, 6) is 0.523. The van der Waals surface area contributed by atoms with E-state index in [1.165, 1.54) is 11.1 Å². The van der Waals surface area contributed by atoms with Crippen LogP contribution in [0.1, 0.15) is 44.2 Å². The van der Waals surface area contributed by atoms with Crippen molar-refractivity contribution in [3.63, 3.8) is 0 Å². The van der Waals surface area contributed by atoms with E-state index in [1.807, 2.05) is 4.90 Å². The quantitative estimate of drug-likeness (QED) is 0.829. The predicted molar refractivity (Wildman–Crippen MR) is 107 cm³/mol. The van der Waals surface area contributed by atoms with Crippen LogP contribution in [0.15, 0.2) is 24.3 Å². The largest absolute Gasteiger partial charge is 0.381 e. The number of rotatable bonds is 6. The molecule has 2 fully saturated rings. The van der Waals surface area contributed by atoms with E-state index in [9.17, 15) is 4.79 Å². The number of carbonyl (C=O) groups excluding carboxylic acids is 1. The van der Waals surface area contributed by atoms with E-state index in [4.69, 9.17) is 9.47 Å². The highest BCUT2D eigenvalue weighted by molar-refractivity contribution is 5.74. The third-order valence-corrected chi connectivity index (χ3v) is 5.84. The Morgan fingerprint density at radius 1 is 1.33 bits per heavy atom. The lowest BCUT2D eigenvalue weighted by Gasteiger charge is -2.39. The fourth-order valence-electron chi connectivity index (χ4n) is 4.21. The van der Waals surface area contributed by atoms with Crippen molar-refractivity contribution in [3.8, 4) is 0 Å². The summed E-state index contributed by atoms with van der Waals surface area (Å²) < 4.78 is 11.5. The molecule has 0 spiro atoms. The van der Waals surface area contributed by atoms with Gasteiger partial charge in [-0.25, -0.2) is 4.79 Å². The Morgan fingerprint density at radius 3 is 2.78 bits per heavy atom. The maximum Gasteiger partial charge on any atom is 0.317 e. The van der Waals surface area contributed by atoms with Gasteiger partial charge in [0.25, 0.3) is 0 Å². The van der Waals surface area contributed by atoms with Crippen molar-refractivity contribution >= 4 is 6.03 Å². The second-order valence-electron chi connectivity index (χ2n) is 8.45. The van der Waals surface area contributed by atoms with Gasteiger partial charge in [-0.1, -0.05) is 38.1 Å². The van der Waals surface area contributed by atoms with E-state index < -0.39 is 0 Å². The van der Waals surface area contributed by atoms with Gasteiger partial charge in [0.2, 0.25) is 0 Å². The smallest absolute Gasteiger partial charge is 0.317 e. The highest BCUT2D eigenvalue weighted by Gasteiger charge is 2.37. The van der Waals surface area contributed by atoms with Crippen molar-refractivity contribution in [2.75, 3.05) is 39.5 Å². The van der Waals surface area contributed by atoms with Gasteiger partial charge < -0.3 is 19.7 Å². The van der Waals surface area contributed by atoms with Crippen LogP contribution in [-0.2, 0) is 14.9 Å². The molecule has 0 bridgehead atoms. The van der Waals surface area contributed by atoms with Gasteiger partial charge >= 0.3 is 6.03 Å². The molecule has 1 unspecified atom stereocenters. The molecule has 0 aromatic heterocycles. The van der Waals surface area contributed by atoms with E-state index in [0.717, 1.165) is 45.6 Å². The fourth-order valence-corrected chi connectivity index (χ4v) is 4.21. The topological polar surface area (TPSA) is 50.8 Å². The highest BCUT2D eigenvalue weighted by Crippen LogP contribution is 2.36. The molecular weight excluding hydrogens is 340 g/mol. The molecule has 1 aromatic carbocycles. The van der Waals surface area contributed by atoms with Crippen LogP contribution in [0.3, 0.4) is 0 Å². The lowest BCUT2D eigenvalue weighted by atomic mass is 9.72. The van der Waals surface area contributed by atoms with Gasteiger partial charge in [0.1, 0.15) is 0 Å². The van der Waals surface area contributed by atoms with Gasteiger partial charge in [0.05, 0.1) is 6.10 Å². The standard InChI is InChI=1S/C22H34N2O3/c1-17(2)15-27-19-8-11-24(14-19)21(25)23-16-22(9-12-26-13-10-22)20-7-5-4-6-18(20)3/h4-7,17,19H,8-16H2,1-3H3,(H,23,25). The number of nitrogens with one attached hydrogen (secondary N) is 1. The number of likely N-dealkylation sites (tertiary alicyclic amines) is 1. The van der Waals surface area contributed by atoms with Crippen LogP contribution in [0.4, 0.5) is 4.79 Å². The van der Waals surface area contributed by atoms with Gasteiger partial charge in [0.15, 0.2) is 0 Å². The summed E-state index contributed by atoms with van der Waals surface area (Å²) >= 11 is 0. The molecule has 2 aliphatic rings. The number of benzene rings is 1. The van der Waals surface area contributed by atoms with Crippen molar-refractivity contribution in [2.45, 2.75) is 51.6 Å². The molecule has 0 aliphatic carbocycles. The summed E-state index contributed by atoms with van der Waals surface area (Å²) in [6.45, 7) is 10.8. The molecule has 27 heavy (non-hydrogen) atoms. The number of aryl methyl sites for hydroxylation is 1. The third-order valence-electron chi connectivity index (χ3n) is 5.84. The summed E-state index contributed by atoms with van der Waals surface area (Å²) in [5, 5.41) is 3.22. The first-order valence-electron chi connectivity index (χ1n) is 10.3. The molecule has 2 saturated heterocycles. The molecule has 2 amide bonds. The van der Waals surface area contributed by atoms with Gasteiger partial charge in [-0.3, -0.25) is 0 Å². The molecule has 1 atom stereocenters. The Balaban J connectivity index is 1.59. The van der Waals surface area contributed by atoms with Crippen LogP contribution in [0.25, 0.3) is 0 Å². The fraction of sp³-hybridized carbons (Fsp3) is 0.682. The SMILES string of the molecule is Cc1ccccc1C1(CNC(=O)N2CCC(OCC(C)C)C2)CCOCC1. The Morgan fingerprint density at radius 2 is 2.07 bits per heavy atom. The van der Waals surface area contributed by atoms with E-state index in [-0.39, 0.29) is 17.6 Å². The second kappa shape index (κ2) is 9.07. The molecule has 2 aliphatic heterocycles. The average molecular weight is 375 g/mol. The lowest BCUT2D eigenvalue weighted by Crippen LogP contribution is -2.48. The van der Waals surface area contributed by atoms with Gasteiger partial charge in [-0.05, 0) is 43.2 Å². The summed E-state index contributed by atoms with van der Waals surface area (Å²) in [4.78, 5) is 14.7. The van der Waals surface area contributed by atoms with E-state index in [2.05, 4.69) is 50.4 Å². The van der Waals surface area contributed by atoms with Crippen LogP contribution in [-0.4, -0.2) is 56.5 Å². The number of hydrogen-bond acceptors (Lipinski definition) is 3. The van der Waals surface area contributed by atoms with Crippen LogP contribution in [0.2, 0.25) is 0 Å². The van der Waals surface area contributed by atoms with E-state index >= 15 is 0 Å². The summed E-state index contributed by atoms with van der Waals surface area (Å²) in [6.07, 6.45) is 2.99. The Labute approximate surface area is 163 Å². The summed E-state index contributed by atoms with van der Waals surface area (Å²) in [5.41, 5.74) is 2.59. The summed E-state index contributed by atoms with van der Waals surface area (Å²) in [6, 6.07) is 8.57. The van der Waals surface area contributed by atoms with Crippen LogP contribution >= 0.6 is 0 Å². The first kappa shape index (κ1) is 20.2. The minimum Gasteiger partial charge on any atom is -0.381 e. The molecular formula is C22H34N2O3. The normalized spacial score (nSPS) is 22.2. The van der Waals surface area contributed by atoms with E-state index in [1.54, 1.807) is 0 Å². The number of amides is 2. The van der Waals surface area contributed by atoms with Crippen molar-refractivity contribution in [2.24, 2.45) is 5.92 Å². The lowest BCUT2D eigenvalue weighted by molar-refractivity contribution is 0.0427. The number of hydrogen-bond donors (Lipinski definition) is 1. The number of carbonyl (C=O) groups is 1. The zero-order valence-corrected chi connectivity index (χ0v) is 17.0. The molecule has 0 radical (unpaired) electrons.